The molecular weight excluding hydrogens is 299 g/mol. The molecule has 0 radical (unpaired) electrons. The minimum absolute atomic E-state index is 0.342. The number of carbonyl (C=O) groups excluding carboxylic acids is 1. The van der Waals surface area contributed by atoms with Crippen LogP contribution < -0.4 is 14.9 Å². The van der Waals surface area contributed by atoms with E-state index in [9.17, 15) is 4.79 Å². The molecule has 1 saturated heterocycles. The zero-order valence-electron chi connectivity index (χ0n) is 14.7. The van der Waals surface area contributed by atoms with Gasteiger partial charge >= 0.3 is 13.1 Å². The number of hydrogen-bond donors (Lipinski definition) is 0. The number of ether oxygens (including phenoxy) is 3. The van der Waals surface area contributed by atoms with Gasteiger partial charge < -0.3 is 23.5 Å². The van der Waals surface area contributed by atoms with E-state index in [0.717, 1.165) is 0 Å². The Kier molecular flexibility index (Phi) is 4.64. The van der Waals surface area contributed by atoms with E-state index in [1.165, 1.54) is 21.3 Å². The molecule has 2 rings (SSSR count). The molecule has 1 aromatic carbocycles. The summed E-state index contributed by atoms with van der Waals surface area (Å²) >= 11 is 0. The average molecular weight is 322 g/mol. The summed E-state index contributed by atoms with van der Waals surface area (Å²) in [5.41, 5.74) is -0.0743. The molecule has 1 aliphatic heterocycles. The summed E-state index contributed by atoms with van der Waals surface area (Å²) in [5, 5.41) is 0. The largest absolute Gasteiger partial charge is 0.498 e. The molecule has 0 N–H and O–H groups in total. The highest BCUT2D eigenvalue weighted by Crippen LogP contribution is 2.38. The van der Waals surface area contributed by atoms with Crippen LogP contribution in [0.3, 0.4) is 0 Å². The lowest BCUT2D eigenvalue weighted by molar-refractivity contribution is 0.00578. The monoisotopic (exact) mass is 322 g/mol. The van der Waals surface area contributed by atoms with Gasteiger partial charge in [0.1, 0.15) is 0 Å². The van der Waals surface area contributed by atoms with Crippen LogP contribution in [0.5, 0.6) is 11.5 Å². The molecule has 1 fully saturated rings. The van der Waals surface area contributed by atoms with Crippen LogP contribution in [0.1, 0.15) is 38.1 Å². The summed E-state index contributed by atoms with van der Waals surface area (Å²) in [6.07, 6.45) is 0. The second-order valence-corrected chi connectivity index (χ2v) is 6.38. The van der Waals surface area contributed by atoms with Gasteiger partial charge in [-0.05, 0) is 39.8 Å². The smallest absolute Gasteiger partial charge is 0.493 e. The van der Waals surface area contributed by atoms with Crippen molar-refractivity contribution >= 4 is 18.6 Å². The van der Waals surface area contributed by atoms with Gasteiger partial charge in [-0.3, -0.25) is 0 Å². The molecule has 23 heavy (non-hydrogen) atoms. The van der Waals surface area contributed by atoms with Gasteiger partial charge in [-0.1, -0.05) is 0 Å². The molecule has 1 aromatic rings. The number of esters is 1. The van der Waals surface area contributed by atoms with E-state index in [0.29, 0.717) is 22.5 Å². The van der Waals surface area contributed by atoms with Gasteiger partial charge in [-0.2, -0.15) is 0 Å². The maximum Gasteiger partial charge on any atom is 0.498 e. The number of hydrogen-bond acceptors (Lipinski definition) is 6. The molecule has 0 aromatic heterocycles. The lowest BCUT2D eigenvalue weighted by Crippen LogP contribution is -2.41. The fraction of sp³-hybridized carbons (Fsp3) is 0.562. The van der Waals surface area contributed by atoms with E-state index in [1.54, 1.807) is 12.1 Å². The van der Waals surface area contributed by atoms with Crippen LogP contribution in [-0.2, 0) is 14.0 Å². The van der Waals surface area contributed by atoms with Gasteiger partial charge in [0.2, 0.25) is 0 Å². The third-order valence-corrected chi connectivity index (χ3v) is 4.44. The van der Waals surface area contributed by atoms with Gasteiger partial charge in [-0.15, -0.1) is 0 Å². The van der Waals surface area contributed by atoms with E-state index >= 15 is 0 Å². The summed E-state index contributed by atoms with van der Waals surface area (Å²) in [4.78, 5) is 11.9. The normalized spacial score (nSPS) is 18.7. The number of methoxy groups -OCH3 is 3. The zero-order chi connectivity index (χ0) is 17.4. The Hall–Kier alpha value is -1.73. The van der Waals surface area contributed by atoms with Gasteiger partial charge in [0.25, 0.3) is 0 Å². The van der Waals surface area contributed by atoms with Gasteiger partial charge in [0, 0.05) is 5.46 Å². The minimum atomic E-state index is -0.673. The summed E-state index contributed by atoms with van der Waals surface area (Å²) in [5.74, 6) is 0.419. The SMILES string of the molecule is COC(=O)c1cc(OC)c(OC)c(B2OC(C)(C)C(C)(C)O2)c1. The first-order valence-electron chi connectivity index (χ1n) is 7.36. The van der Waals surface area contributed by atoms with Crippen molar-refractivity contribution in [2.75, 3.05) is 21.3 Å². The van der Waals surface area contributed by atoms with Crippen LogP contribution in [0.15, 0.2) is 12.1 Å². The van der Waals surface area contributed by atoms with E-state index in [-0.39, 0.29) is 0 Å². The summed E-state index contributed by atoms with van der Waals surface area (Å²) in [6.45, 7) is 7.84. The van der Waals surface area contributed by atoms with Crippen LogP contribution in [0.25, 0.3) is 0 Å². The summed E-state index contributed by atoms with van der Waals surface area (Å²) in [7, 11) is 3.69. The molecule has 1 heterocycles. The Labute approximate surface area is 137 Å². The quantitative estimate of drug-likeness (QED) is 0.622. The molecule has 126 valence electrons. The minimum Gasteiger partial charge on any atom is -0.493 e. The standard InChI is InChI=1S/C16H23BO6/c1-15(2)16(3,4)23-17(22-15)11-8-10(14(18)21-7)9-12(19-5)13(11)20-6/h8-9H,1-7H3. The molecule has 0 atom stereocenters. The van der Waals surface area contributed by atoms with Crippen molar-refractivity contribution in [2.24, 2.45) is 0 Å². The van der Waals surface area contributed by atoms with Crippen molar-refractivity contribution in [3.63, 3.8) is 0 Å². The highest BCUT2D eigenvalue weighted by Gasteiger charge is 2.52. The van der Waals surface area contributed by atoms with Crippen molar-refractivity contribution in [3.05, 3.63) is 17.7 Å². The van der Waals surface area contributed by atoms with Gasteiger partial charge in [-0.25, -0.2) is 4.79 Å². The number of carbonyl (C=O) groups is 1. The predicted octanol–water partition coefficient (Wildman–Crippen LogP) is 1.79. The molecule has 7 heteroatoms. The van der Waals surface area contributed by atoms with Crippen LogP contribution in [0.4, 0.5) is 0 Å². The topological polar surface area (TPSA) is 63.2 Å². The van der Waals surface area contributed by atoms with E-state index in [4.69, 9.17) is 23.5 Å². The van der Waals surface area contributed by atoms with Crippen molar-refractivity contribution in [2.45, 2.75) is 38.9 Å². The maximum absolute atomic E-state index is 11.9. The van der Waals surface area contributed by atoms with E-state index in [2.05, 4.69) is 0 Å². The number of benzene rings is 1. The van der Waals surface area contributed by atoms with Crippen molar-refractivity contribution in [3.8, 4) is 11.5 Å². The van der Waals surface area contributed by atoms with Crippen LogP contribution >= 0.6 is 0 Å². The third-order valence-electron chi connectivity index (χ3n) is 4.44. The fourth-order valence-corrected chi connectivity index (χ4v) is 2.37. The van der Waals surface area contributed by atoms with Crippen molar-refractivity contribution in [1.29, 1.82) is 0 Å². The molecular formula is C16H23BO6. The Morgan fingerprint density at radius 2 is 1.57 bits per heavy atom. The van der Waals surface area contributed by atoms with Crippen molar-refractivity contribution in [1.82, 2.24) is 0 Å². The van der Waals surface area contributed by atoms with Crippen LogP contribution in [0, 0.1) is 0 Å². The third kappa shape index (κ3) is 3.03. The Morgan fingerprint density at radius 1 is 1.00 bits per heavy atom. The lowest BCUT2D eigenvalue weighted by Gasteiger charge is -2.32. The first kappa shape index (κ1) is 17.6. The molecule has 0 spiro atoms. The summed E-state index contributed by atoms with van der Waals surface area (Å²) < 4.78 is 27.7. The Bertz CT molecular complexity index is 595. The molecule has 6 nitrogen and oxygen atoms in total. The second kappa shape index (κ2) is 6.05. The second-order valence-electron chi connectivity index (χ2n) is 6.38. The first-order valence-corrected chi connectivity index (χ1v) is 7.36. The van der Waals surface area contributed by atoms with Crippen LogP contribution in [0.2, 0.25) is 0 Å². The molecule has 1 aliphatic rings. The lowest BCUT2D eigenvalue weighted by atomic mass is 9.77. The number of rotatable bonds is 4. The van der Waals surface area contributed by atoms with Gasteiger partial charge in [0.15, 0.2) is 11.5 Å². The first-order chi connectivity index (χ1) is 10.7. The molecule has 0 amide bonds. The van der Waals surface area contributed by atoms with Gasteiger partial charge in [0.05, 0.1) is 38.1 Å². The molecule has 0 aliphatic carbocycles. The van der Waals surface area contributed by atoms with E-state index in [1.807, 2.05) is 27.7 Å². The Balaban J connectivity index is 2.55. The maximum atomic E-state index is 11.9. The molecule has 0 unspecified atom stereocenters. The van der Waals surface area contributed by atoms with E-state index < -0.39 is 24.3 Å². The highest BCUT2D eigenvalue weighted by atomic mass is 16.7. The zero-order valence-corrected chi connectivity index (χ0v) is 14.7. The van der Waals surface area contributed by atoms with Crippen LogP contribution in [-0.4, -0.2) is 45.6 Å². The highest BCUT2D eigenvalue weighted by molar-refractivity contribution is 6.63. The summed E-state index contributed by atoms with van der Waals surface area (Å²) in [6, 6.07) is 3.22. The molecule has 0 bridgehead atoms. The average Bonchev–Trinajstić information content (AvgIpc) is 2.72. The molecule has 0 saturated carbocycles. The fourth-order valence-electron chi connectivity index (χ4n) is 2.37. The predicted molar refractivity (Wildman–Crippen MR) is 86.6 cm³/mol. The van der Waals surface area contributed by atoms with Crippen molar-refractivity contribution < 1.29 is 28.3 Å². The Morgan fingerprint density at radius 3 is 2.00 bits per heavy atom.